The van der Waals surface area contributed by atoms with Crippen molar-refractivity contribution in [2.24, 2.45) is 0 Å². The molecule has 32 heavy (non-hydrogen) atoms. The summed E-state index contributed by atoms with van der Waals surface area (Å²) in [4.78, 5) is 34.3. The van der Waals surface area contributed by atoms with Crippen LogP contribution in [0.5, 0.6) is 0 Å². The van der Waals surface area contributed by atoms with Crippen molar-refractivity contribution in [3.8, 4) is 0 Å². The van der Waals surface area contributed by atoms with E-state index in [1.807, 2.05) is 31.0 Å². The average Bonchev–Trinajstić information content (AvgIpc) is 3.15. The highest BCUT2D eigenvalue weighted by Gasteiger charge is 2.24. The molecule has 0 aliphatic carbocycles. The monoisotopic (exact) mass is 448 g/mol. The van der Waals surface area contributed by atoms with Gasteiger partial charge in [-0.3, -0.25) is 4.79 Å². The molecule has 0 radical (unpaired) electrons. The topological polar surface area (TPSA) is 65.5 Å². The van der Waals surface area contributed by atoms with Gasteiger partial charge in [0.1, 0.15) is 5.82 Å². The molecule has 2 aliphatic heterocycles. The molecule has 0 saturated carbocycles. The maximum atomic E-state index is 12.8. The van der Waals surface area contributed by atoms with Gasteiger partial charge in [-0.2, -0.15) is 4.98 Å². The lowest BCUT2D eigenvalue weighted by Crippen LogP contribution is -2.49. The molecule has 1 fully saturated rings. The number of piperazine rings is 1. The van der Waals surface area contributed by atoms with E-state index in [2.05, 4.69) is 44.0 Å². The number of carbonyl (C=O) groups is 1. The summed E-state index contributed by atoms with van der Waals surface area (Å²) < 4.78 is 0. The van der Waals surface area contributed by atoms with Crippen molar-refractivity contribution in [2.45, 2.75) is 33.2 Å². The van der Waals surface area contributed by atoms with Gasteiger partial charge >= 0.3 is 0 Å². The van der Waals surface area contributed by atoms with Crippen LogP contribution in [0.2, 0.25) is 0 Å². The molecular weight excluding hydrogens is 420 g/mol. The van der Waals surface area contributed by atoms with Crippen molar-refractivity contribution in [3.63, 3.8) is 0 Å². The summed E-state index contributed by atoms with van der Waals surface area (Å²) in [5.74, 6) is 1.88. The predicted octanol–water partition coefficient (Wildman–Crippen LogP) is 3.00. The summed E-state index contributed by atoms with van der Waals surface area (Å²) >= 11 is 1.66. The first kappa shape index (κ1) is 20.9. The minimum absolute atomic E-state index is 0.161. The largest absolute Gasteiger partial charge is 0.353 e. The first-order chi connectivity index (χ1) is 15.6. The van der Waals surface area contributed by atoms with Crippen LogP contribution in [0.1, 0.15) is 26.7 Å². The normalized spacial score (nSPS) is 16.2. The third-order valence-electron chi connectivity index (χ3n) is 6.32. The van der Waals surface area contributed by atoms with Crippen LogP contribution in [0, 0.1) is 13.8 Å². The quantitative estimate of drug-likeness (QED) is 0.611. The number of rotatable bonds is 4. The Hall–Kier alpha value is -3.00. The van der Waals surface area contributed by atoms with Crippen molar-refractivity contribution in [2.75, 3.05) is 42.5 Å². The summed E-state index contributed by atoms with van der Waals surface area (Å²) in [5.41, 5.74) is 3.69. The maximum absolute atomic E-state index is 12.8. The SMILES string of the molecule is Cc1nc(CC(=O)N2CCN(c3ccnc(N4CCc5ccccc5C4)n3)CC2)c(C)s1. The molecule has 5 rings (SSSR count). The lowest BCUT2D eigenvalue weighted by molar-refractivity contribution is -0.130. The average molecular weight is 449 g/mol. The summed E-state index contributed by atoms with van der Waals surface area (Å²) in [6.45, 7) is 8.77. The van der Waals surface area contributed by atoms with E-state index in [0.717, 1.165) is 59.9 Å². The summed E-state index contributed by atoms with van der Waals surface area (Å²) in [6, 6.07) is 10.6. The van der Waals surface area contributed by atoms with Crippen LogP contribution in [0.15, 0.2) is 36.5 Å². The van der Waals surface area contributed by atoms with Gasteiger partial charge in [0.2, 0.25) is 11.9 Å². The van der Waals surface area contributed by atoms with Gasteiger partial charge in [0.05, 0.1) is 17.1 Å². The molecule has 0 unspecified atom stereocenters. The van der Waals surface area contributed by atoms with E-state index in [4.69, 9.17) is 4.98 Å². The van der Waals surface area contributed by atoms with Crippen LogP contribution in [-0.4, -0.2) is 58.5 Å². The molecule has 2 aromatic heterocycles. The van der Waals surface area contributed by atoms with Gasteiger partial charge in [0.15, 0.2) is 0 Å². The molecule has 3 aromatic rings. The van der Waals surface area contributed by atoms with Crippen molar-refractivity contribution in [1.29, 1.82) is 0 Å². The Morgan fingerprint density at radius 3 is 2.50 bits per heavy atom. The Morgan fingerprint density at radius 2 is 1.75 bits per heavy atom. The van der Waals surface area contributed by atoms with Crippen LogP contribution in [0.3, 0.4) is 0 Å². The van der Waals surface area contributed by atoms with Gasteiger partial charge in [-0.1, -0.05) is 24.3 Å². The molecule has 8 heteroatoms. The minimum atomic E-state index is 0.161. The van der Waals surface area contributed by atoms with Gasteiger partial charge in [-0.25, -0.2) is 9.97 Å². The smallest absolute Gasteiger partial charge is 0.228 e. The van der Waals surface area contributed by atoms with E-state index < -0.39 is 0 Å². The second-order valence-corrected chi connectivity index (χ2v) is 9.84. The van der Waals surface area contributed by atoms with E-state index >= 15 is 0 Å². The standard InChI is InChI=1S/C24H28N6OS/c1-17-21(26-18(2)32-17)15-23(31)29-13-11-28(12-14-29)22-7-9-25-24(27-22)30-10-8-19-5-3-4-6-20(19)16-30/h3-7,9H,8,10-16H2,1-2H3. The summed E-state index contributed by atoms with van der Waals surface area (Å²) in [5, 5.41) is 1.02. The Morgan fingerprint density at radius 1 is 0.969 bits per heavy atom. The zero-order valence-electron chi connectivity index (χ0n) is 18.6. The van der Waals surface area contributed by atoms with E-state index in [1.54, 1.807) is 11.3 Å². The number of amides is 1. The number of benzene rings is 1. The van der Waals surface area contributed by atoms with Gasteiger partial charge in [0, 0.05) is 50.3 Å². The number of aromatic nitrogens is 3. The number of aryl methyl sites for hydroxylation is 2. The summed E-state index contributed by atoms with van der Waals surface area (Å²) in [6.07, 6.45) is 3.26. The Kier molecular flexibility index (Phi) is 5.78. The minimum Gasteiger partial charge on any atom is -0.353 e. The van der Waals surface area contributed by atoms with Crippen molar-refractivity contribution in [1.82, 2.24) is 19.9 Å². The fraction of sp³-hybridized carbons (Fsp3) is 0.417. The molecule has 4 heterocycles. The maximum Gasteiger partial charge on any atom is 0.228 e. The highest BCUT2D eigenvalue weighted by atomic mass is 32.1. The number of nitrogens with zero attached hydrogens (tertiary/aromatic N) is 6. The van der Waals surface area contributed by atoms with Crippen molar-refractivity contribution in [3.05, 3.63) is 63.2 Å². The van der Waals surface area contributed by atoms with E-state index in [0.29, 0.717) is 19.5 Å². The molecule has 0 bridgehead atoms. The lowest BCUT2D eigenvalue weighted by Gasteiger charge is -2.36. The highest BCUT2D eigenvalue weighted by molar-refractivity contribution is 7.11. The lowest BCUT2D eigenvalue weighted by atomic mass is 10.0. The van der Waals surface area contributed by atoms with E-state index in [9.17, 15) is 4.79 Å². The van der Waals surface area contributed by atoms with Crippen LogP contribution >= 0.6 is 11.3 Å². The third-order valence-corrected chi connectivity index (χ3v) is 7.24. The molecule has 0 spiro atoms. The molecule has 1 amide bonds. The zero-order valence-corrected chi connectivity index (χ0v) is 19.4. The first-order valence-corrected chi connectivity index (χ1v) is 12.0. The first-order valence-electron chi connectivity index (χ1n) is 11.2. The molecule has 1 saturated heterocycles. The fourth-order valence-corrected chi connectivity index (χ4v) is 5.34. The number of carbonyl (C=O) groups excluding carboxylic acids is 1. The van der Waals surface area contributed by atoms with Crippen LogP contribution in [0.4, 0.5) is 11.8 Å². The Bertz CT molecular complexity index is 1120. The molecule has 166 valence electrons. The molecule has 7 nitrogen and oxygen atoms in total. The summed E-state index contributed by atoms with van der Waals surface area (Å²) in [7, 11) is 0. The van der Waals surface area contributed by atoms with Crippen LogP contribution in [-0.2, 0) is 24.2 Å². The van der Waals surface area contributed by atoms with Crippen molar-refractivity contribution < 1.29 is 4.79 Å². The number of hydrogen-bond acceptors (Lipinski definition) is 7. The molecular formula is C24H28N6OS. The molecule has 0 atom stereocenters. The Balaban J connectivity index is 1.21. The van der Waals surface area contributed by atoms with Crippen molar-refractivity contribution >= 4 is 29.0 Å². The van der Waals surface area contributed by atoms with Gasteiger partial charge in [-0.15, -0.1) is 11.3 Å². The molecule has 0 N–H and O–H groups in total. The van der Waals surface area contributed by atoms with E-state index in [-0.39, 0.29) is 5.91 Å². The number of anilines is 2. The highest BCUT2D eigenvalue weighted by Crippen LogP contribution is 2.24. The van der Waals surface area contributed by atoms with Gasteiger partial charge in [-0.05, 0) is 37.5 Å². The van der Waals surface area contributed by atoms with Gasteiger partial charge < -0.3 is 14.7 Å². The third kappa shape index (κ3) is 4.32. The fourth-order valence-electron chi connectivity index (χ4n) is 4.51. The van der Waals surface area contributed by atoms with Crippen LogP contribution in [0.25, 0.3) is 0 Å². The van der Waals surface area contributed by atoms with Gasteiger partial charge in [0.25, 0.3) is 0 Å². The number of thiazole rings is 1. The number of hydrogen-bond donors (Lipinski definition) is 0. The predicted molar refractivity (Wildman–Crippen MR) is 127 cm³/mol. The zero-order chi connectivity index (χ0) is 22.1. The second-order valence-electron chi connectivity index (χ2n) is 8.44. The molecule has 1 aromatic carbocycles. The van der Waals surface area contributed by atoms with Crippen LogP contribution < -0.4 is 9.80 Å². The van der Waals surface area contributed by atoms with E-state index in [1.165, 1.54) is 11.1 Å². The Labute approximate surface area is 192 Å². The second kappa shape index (κ2) is 8.86. The number of fused-ring (bicyclic) bond motifs is 1. The molecule has 2 aliphatic rings.